The second-order valence-corrected chi connectivity index (χ2v) is 10.2. The van der Waals surface area contributed by atoms with Crippen molar-refractivity contribution in [2.24, 2.45) is 0 Å². The standard InChI is InChI=1S/C24H36S2/c1-3-5-7-9-15-21-17-19-13-11-12-14-20-18-22(16-10-8-6-4-2)26-24(20)23(19)25-21/h17-18H,3-16H2,1-2H3. The molecule has 0 aromatic carbocycles. The first-order valence-electron chi connectivity index (χ1n) is 11.0. The highest BCUT2D eigenvalue weighted by Gasteiger charge is 2.19. The van der Waals surface area contributed by atoms with Gasteiger partial charge in [0.25, 0.3) is 0 Å². The van der Waals surface area contributed by atoms with Crippen molar-refractivity contribution >= 4 is 22.7 Å². The van der Waals surface area contributed by atoms with E-state index in [9.17, 15) is 0 Å². The number of unbranched alkanes of at least 4 members (excludes halogenated alkanes) is 6. The van der Waals surface area contributed by atoms with Crippen LogP contribution in [0.1, 0.15) is 98.9 Å². The zero-order valence-corrected chi connectivity index (χ0v) is 18.5. The van der Waals surface area contributed by atoms with Crippen LogP contribution in [0.2, 0.25) is 0 Å². The normalized spacial score (nSPS) is 13.9. The van der Waals surface area contributed by atoms with Crippen molar-refractivity contribution < 1.29 is 0 Å². The zero-order chi connectivity index (χ0) is 18.2. The van der Waals surface area contributed by atoms with Crippen LogP contribution in [0.25, 0.3) is 9.75 Å². The molecule has 2 aromatic heterocycles. The maximum absolute atomic E-state index is 2.56. The molecule has 1 aliphatic rings. The molecule has 144 valence electrons. The van der Waals surface area contributed by atoms with Gasteiger partial charge in [0.2, 0.25) is 0 Å². The molecule has 0 nitrogen and oxygen atoms in total. The maximum atomic E-state index is 2.56. The van der Waals surface area contributed by atoms with Gasteiger partial charge in [-0.25, -0.2) is 0 Å². The molecule has 2 heterocycles. The fraction of sp³-hybridized carbons (Fsp3) is 0.667. The Bertz CT molecular complexity index is 604. The minimum Gasteiger partial charge on any atom is -0.139 e. The number of rotatable bonds is 10. The lowest BCUT2D eigenvalue weighted by Gasteiger charge is -2.09. The van der Waals surface area contributed by atoms with E-state index in [1.807, 2.05) is 0 Å². The lowest BCUT2D eigenvalue weighted by molar-refractivity contribution is 0.669. The first-order valence-corrected chi connectivity index (χ1v) is 12.7. The van der Waals surface area contributed by atoms with E-state index in [1.165, 1.54) is 89.9 Å². The van der Waals surface area contributed by atoms with E-state index in [0.29, 0.717) is 0 Å². The van der Waals surface area contributed by atoms with Gasteiger partial charge in [0, 0.05) is 19.5 Å². The molecule has 0 saturated carbocycles. The third-order valence-corrected chi connectivity index (χ3v) is 8.26. The Balaban J connectivity index is 1.73. The highest BCUT2D eigenvalue weighted by Crippen LogP contribution is 2.43. The average molecular weight is 389 g/mol. The van der Waals surface area contributed by atoms with Crippen LogP contribution >= 0.6 is 22.7 Å². The Hall–Kier alpha value is -0.600. The van der Waals surface area contributed by atoms with Gasteiger partial charge in [0.1, 0.15) is 0 Å². The molecule has 0 spiro atoms. The molecule has 3 rings (SSSR count). The average Bonchev–Trinajstić information content (AvgIpc) is 3.21. The van der Waals surface area contributed by atoms with Crippen molar-refractivity contribution in [1.29, 1.82) is 0 Å². The van der Waals surface area contributed by atoms with Gasteiger partial charge in [0.15, 0.2) is 0 Å². The largest absolute Gasteiger partial charge is 0.139 e. The molecule has 26 heavy (non-hydrogen) atoms. The number of thiophene rings is 2. The summed E-state index contributed by atoms with van der Waals surface area (Å²) in [5.41, 5.74) is 3.31. The van der Waals surface area contributed by atoms with Gasteiger partial charge >= 0.3 is 0 Å². The summed E-state index contributed by atoms with van der Waals surface area (Å²) in [6, 6.07) is 5.11. The number of hydrogen-bond donors (Lipinski definition) is 0. The topological polar surface area (TPSA) is 0 Å². The molecule has 0 atom stereocenters. The van der Waals surface area contributed by atoms with Gasteiger partial charge in [-0.3, -0.25) is 0 Å². The Morgan fingerprint density at radius 2 is 1.12 bits per heavy atom. The maximum Gasteiger partial charge on any atom is 0.0480 e. The van der Waals surface area contributed by atoms with Crippen molar-refractivity contribution in [3.63, 3.8) is 0 Å². The summed E-state index contributed by atoms with van der Waals surface area (Å²) < 4.78 is 0. The molecule has 0 aliphatic heterocycles. The van der Waals surface area contributed by atoms with Gasteiger partial charge in [-0.2, -0.15) is 0 Å². The number of fused-ring (bicyclic) bond motifs is 3. The summed E-state index contributed by atoms with van der Waals surface area (Å²) in [6.07, 6.45) is 18.9. The Labute approximate surface area is 169 Å². The third-order valence-electron chi connectivity index (χ3n) is 5.62. The Morgan fingerprint density at radius 1 is 0.654 bits per heavy atom. The summed E-state index contributed by atoms with van der Waals surface area (Å²) in [4.78, 5) is 6.54. The fourth-order valence-electron chi connectivity index (χ4n) is 4.06. The van der Waals surface area contributed by atoms with E-state index in [4.69, 9.17) is 0 Å². The van der Waals surface area contributed by atoms with E-state index in [2.05, 4.69) is 48.7 Å². The Morgan fingerprint density at radius 3 is 1.54 bits per heavy atom. The van der Waals surface area contributed by atoms with E-state index in [0.717, 1.165) is 0 Å². The molecular formula is C24H36S2. The molecule has 0 amide bonds. The second kappa shape index (κ2) is 10.7. The summed E-state index contributed by atoms with van der Waals surface area (Å²) in [6.45, 7) is 4.60. The Kier molecular flexibility index (Phi) is 8.26. The van der Waals surface area contributed by atoms with Crippen LogP contribution < -0.4 is 0 Å². The predicted molar refractivity (Wildman–Crippen MR) is 120 cm³/mol. The van der Waals surface area contributed by atoms with E-state index in [1.54, 1.807) is 30.6 Å². The third kappa shape index (κ3) is 5.45. The van der Waals surface area contributed by atoms with Gasteiger partial charge in [-0.1, -0.05) is 52.4 Å². The molecule has 2 heteroatoms. The van der Waals surface area contributed by atoms with Crippen molar-refractivity contribution in [2.45, 2.75) is 104 Å². The van der Waals surface area contributed by atoms with Crippen molar-refractivity contribution in [1.82, 2.24) is 0 Å². The quantitative estimate of drug-likeness (QED) is 0.357. The molecule has 2 aromatic rings. The number of aryl methyl sites for hydroxylation is 4. The van der Waals surface area contributed by atoms with Gasteiger partial charge in [0.05, 0.1) is 0 Å². The summed E-state index contributed by atoms with van der Waals surface area (Å²) >= 11 is 4.23. The minimum absolute atomic E-state index is 1.29. The van der Waals surface area contributed by atoms with Crippen LogP contribution in [-0.2, 0) is 25.7 Å². The van der Waals surface area contributed by atoms with E-state index in [-0.39, 0.29) is 0 Å². The fourth-order valence-corrected chi connectivity index (χ4v) is 6.76. The molecule has 0 fully saturated rings. The van der Waals surface area contributed by atoms with Crippen LogP contribution in [0.15, 0.2) is 12.1 Å². The minimum atomic E-state index is 1.29. The first-order chi connectivity index (χ1) is 12.8. The molecule has 1 aliphatic carbocycles. The van der Waals surface area contributed by atoms with Crippen LogP contribution in [0.3, 0.4) is 0 Å². The summed E-state index contributed by atoms with van der Waals surface area (Å²) in [5.74, 6) is 0. The molecular weight excluding hydrogens is 352 g/mol. The molecule has 0 saturated heterocycles. The summed E-state index contributed by atoms with van der Waals surface area (Å²) in [5, 5.41) is 0. The SMILES string of the molecule is CCCCCCc1cc2c(s1)-c1sc(CCCCCC)cc1CCCC2. The highest BCUT2D eigenvalue weighted by molar-refractivity contribution is 7.22. The lowest BCUT2D eigenvalue weighted by Crippen LogP contribution is -1.94. The zero-order valence-electron chi connectivity index (χ0n) is 16.9. The van der Waals surface area contributed by atoms with E-state index < -0.39 is 0 Å². The van der Waals surface area contributed by atoms with Gasteiger partial charge in [-0.15, -0.1) is 22.7 Å². The van der Waals surface area contributed by atoms with Crippen molar-refractivity contribution in [3.8, 4) is 9.75 Å². The van der Waals surface area contributed by atoms with E-state index >= 15 is 0 Å². The van der Waals surface area contributed by atoms with Crippen molar-refractivity contribution in [2.75, 3.05) is 0 Å². The van der Waals surface area contributed by atoms with Crippen LogP contribution in [0, 0.1) is 0 Å². The lowest BCUT2D eigenvalue weighted by atomic mass is 9.98. The van der Waals surface area contributed by atoms with Crippen molar-refractivity contribution in [3.05, 3.63) is 33.0 Å². The monoisotopic (exact) mass is 388 g/mol. The molecule has 0 unspecified atom stereocenters. The van der Waals surface area contributed by atoms with Gasteiger partial charge < -0.3 is 0 Å². The van der Waals surface area contributed by atoms with Crippen LogP contribution in [0.5, 0.6) is 0 Å². The highest BCUT2D eigenvalue weighted by atomic mass is 32.1. The predicted octanol–water partition coefficient (Wildman–Crippen LogP) is 8.60. The van der Waals surface area contributed by atoms with Crippen LogP contribution in [0.4, 0.5) is 0 Å². The molecule has 0 radical (unpaired) electrons. The van der Waals surface area contributed by atoms with Crippen LogP contribution in [-0.4, -0.2) is 0 Å². The smallest absolute Gasteiger partial charge is 0.0480 e. The second-order valence-electron chi connectivity index (χ2n) is 7.96. The number of hydrogen-bond acceptors (Lipinski definition) is 2. The first kappa shape index (κ1) is 20.1. The summed E-state index contributed by atoms with van der Waals surface area (Å²) in [7, 11) is 0. The molecule has 0 bridgehead atoms. The van der Waals surface area contributed by atoms with Gasteiger partial charge in [-0.05, 0) is 74.6 Å². The molecule has 0 N–H and O–H groups in total.